The molecule has 2 N–H and O–H groups in total. The molecule has 3 rings (SSSR count). The van der Waals surface area contributed by atoms with Crippen LogP contribution >= 0.6 is 12.2 Å². The largest absolute Gasteiger partial charge is 0.393 e. The molecule has 0 aliphatic carbocycles. The van der Waals surface area contributed by atoms with Gasteiger partial charge in [0.15, 0.2) is 0 Å². The molecule has 1 aliphatic heterocycles. The monoisotopic (exact) mass is 304 g/mol. The molecule has 1 saturated heterocycles. The summed E-state index contributed by atoms with van der Waals surface area (Å²) >= 11 is 5.05. The van der Waals surface area contributed by atoms with E-state index >= 15 is 0 Å². The minimum atomic E-state index is 0.484. The summed E-state index contributed by atoms with van der Waals surface area (Å²) in [7, 11) is 0. The Morgan fingerprint density at radius 2 is 2.00 bits per heavy atom. The predicted molar refractivity (Wildman–Crippen MR) is 87.5 cm³/mol. The van der Waals surface area contributed by atoms with Crippen LogP contribution in [0.1, 0.15) is 5.82 Å². The maximum Gasteiger partial charge on any atom is 0.116 e. The van der Waals surface area contributed by atoms with Crippen molar-refractivity contribution in [3.8, 4) is 0 Å². The summed E-state index contributed by atoms with van der Waals surface area (Å²) in [5, 5.41) is 0. The summed E-state index contributed by atoms with van der Waals surface area (Å²) in [5.41, 5.74) is 7.86. The van der Waals surface area contributed by atoms with E-state index in [2.05, 4.69) is 20.5 Å². The molecule has 1 aromatic carbocycles. The number of thiocarbonyl (C=S) groups is 1. The van der Waals surface area contributed by atoms with E-state index in [1.807, 2.05) is 18.2 Å². The van der Waals surface area contributed by atoms with Crippen LogP contribution in [0.15, 0.2) is 24.3 Å². The third kappa shape index (κ3) is 3.40. The maximum atomic E-state index is 5.71. The zero-order valence-electron chi connectivity index (χ0n) is 12.0. The zero-order chi connectivity index (χ0) is 14.7. The molecule has 1 fully saturated rings. The molecule has 0 atom stereocenters. The van der Waals surface area contributed by atoms with Gasteiger partial charge in [0.1, 0.15) is 5.82 Å². The van der Waals surface area contributed by atoms with Crippen LogP contribution in [-0.2, 0) is 17.7 Å². The first kappa shape index (κ1) is 14.4. The van der Waals surface area contributed by atoms with Crippen molar-refractivity contribution in [2.45, 2.75) is 13.0 Å². The second kappa shape index (κ2) is 6.51. The van der Waals surface area contributed by atoms with Gasteiger partial charge in [-0.05, 0) is 12.1 Å². The lowest BCUT2D eigenvalue weighted by molar-refractivity contribution is 0.0364. The van der Waals surface area contributed by atoms with Gasteiger partial charge in [-0.2, -0.15) is 0 Å². The van der Waals surface area contributed by atoms with Crippen molar-refractivity contribution < 1.29 is 4.74 Å². The van der Waals surface area contributed by atoms with Crippen LogP contribution in [-0.4, -0.2) is 52.3 Å². The van der Waals surface area contributed by atoms with E-state index in [4.69, 9.17) is 22.7 Å². The number of nitrogens with zero attached hydrogens (tertiary/aromatic N) is 3. The molecular formula is C15H20N4OS. The maximum absolute atomic E-state index is 5.71. The molecule has 6 heteroatoms. The molecule has 5 nitrogen and oxygen atoms in total. The molecule has 0 amide bonds. The van der Waals surface area contributed by atoms with Crippen LogP contribution in [0.2, 0.25) is 0 Å². The van der Waals surface area contributed by atoms with Crippen LogP contribution in [0, 0.1) is 0 Å². The van der Waals surface area contributed by atoms with Crippen molar-refractivity contribution in [3.63, 3.8) is 0 Å². The van der Waals surface area contributed by atoms with Crippen LogP contribution < -0.4 is 5.73 Å². The second-order valence-corrected chi connectivity index (χ2v) is 5.79. The molecule has 21 heavy (non-hydrogen) atoms. The van der Waals surface area contributed by atoms with Crippen molar-refractivity contribution in [1.82, 2.24) is 14.5 Å². The minimum Gasteiger partial charge on any atom is -0.393 e. The summed E-state index contributed by atoms with van der Waals surface area (Å²) in [5.74, 6) is 0.956. The van der Waals surface area contributed by atoms with Gasteiger partial charge < -0.3 is 15.0 Å². The van der Waals surface area contributed by atoms with Crippen molar-refractivity contribution in [2.75, 3.05) is 32.8 Å². The molecular weight excluding hydrogens is 284 g/mol. The lowest BCUT2D eigenvalue weighted by atomic mass is 10.3. The van der Waals surface area contributed by atoms with Crippen LogP contribution in [0.4, 0.5) is 0 Å². The normalized spacial score (nSPS) is 16.4. The molecule has 0 spiro atoms. The van der Waals surface area contributed by atoms with Crippen LogP contribution in [0.3, 0.4) is 0 Å². The van der Waals surface area contributed by atoms with E-state index < -0.39 is 0 Å². The molecule has 112 valence electrons. The highest BCUT2D eigenvalue weighted by molar-refractivity contribution is 7.80. The highest BCUT2D eigenvalue weighted by Crippen LogP contribution is 2.16. The molecule has 0 radical (unpaired) electrons. The van der Waals surface area contributed by atoms with Gasteiger partial charge in [-0.25, -0.2) is 4.98 Å². The number of hydrogen-bond donors (Lipinski definition) is 1. The number of benzene rings is 1. The fraction of sp³-hybridized carbons (Fsp3) is 0.467. The quantitative estimate of drug-likeness (QED) is 0.841. The molecule has 0 saturated carbocycles. The van der Waals surface area contributed by atoms with Gasteiger partial charge >= 0.3 is 0 Å². The predicted octanol–water partition coefficient (Wildman–Crippen LogP) is 1.20. The summed E-state index contributed by atoms with van der Waals surface area (Å²) < 4.78 is 7.63. The summed E-state index contributed by atoms with van der Waals surface area (Å²) in [4.78, 5) is 7.57. The van der Waals surface area contributed by atoms with E-state index in [0.29, 0.717) is 11.4 Å². The minimum absolute atomic E-state index is 0.484. The number of nitrogens with two attached hydrogens (primary N) is 1. The van der Waals surface area contributed by atoms with Crippen molar-refractivity contribution in [1.29, 1.82) is 0 Å². The van der Waals surface area contributed by atoms with E-state index in [-0.39, 0.29) is 0 Å². The lowest BCUT2D eigenvalue weighted by Crippen LogP contribution is -2.38. The standard InChI is InChI=1S/C15H20N4OS/c16-14(21)11-15-17-12-3-1-2-4-13(12)19(15)6-5-18-7-9-20-10-8-18/h1-4H,5-11H2,(H2,16,21). The van der Waals surface area contributed by atoms with Gasteiger partial charge in [0.2, 0.25) is 0 Å². The number of morpholine rings is 1. The Kier molecular flexibility index (Phi) is 4.48. The number of imidazole rings is 1. The first-order valence-corrected chi connectivity index (χ1v) is 7.67. The molecule has 0 unspecified atom stereocenters. The molecule has 2 heterocycles. The highest BCUT2D eigenvalue weighted by atomic mass is 32.1. The Labute approximate surface area is 129 Å². The fourth-order valence-corrected chi connectivity index (χ4v) is 2.86. The Hall–Kier alpha value is -1.50. The number of rotatable bonds is 5. The van der Waals surface area contributed by atoms with Gasteiger partial charge in [0.05, 0.1) is 35.7 Å². The summed E-state index contributed by atoms with van der Waals surface area (Å²) in [6.45, 7) is 5.54. The van der Waals surface area contributed by atoms with Crippen molar-refractivity contribution in [2.24, 2.45) is 5.73 Å². The number of para-hydroxylation sites is 2. The Balaban J connectivity index is 1.82. The van der Waals surface area contributed by atoms with E-state index in [1.54, 1.807) is 0 Å². The average molecular weight is 304 g/mol. The first-order valence-electron chi connectivity index (χ1n) is 7.26. The number of ether oxygens (including phenoxy) is 1. The van der Waals surface area contributed by atoms with E-state index in [1.165, 1.54) is 0 Å². The Bertz CT molecular complexity index is 634. The van der Waals surface area contributed by atoms with Gasteiger partial charge in [0.25, 0.3) is 0 Å². The molecule has 1 aliphatic rings. The number of fused-ring (bicyclic) bond motifs is 1. The topological polar surface area (TPSA) is 56.3 Å². The van der Waals surface area contributed by atoms with E-state index in [0.717, 1.165) is 56.3 Å². The van der Waals surface area contributed by atoms with Crippen LogP contribution in [0.25, 0.3) is 11.0 Å². The Morgan fingerprint density at radius 3 is 2.76 bits per heavy atom. The average Bonchev–Trinajstić information content (AvgIpc) is 2.82. The fourth-order valence-electron chi connectivity index (χ4n) is 2.73. The lowest BCUT2D eigenvalue weighted by Gasteiger charge is -2.27. The summed E-state index contributed by atoms with van der Waals surface area (Å²) in [6, 6.07) is 8.18. The van der Waals surface area contributed by atoms with Gasteiger partial charge in [-0.3, -0.25) is 4.90 Å². The summed E-state index contributed by atoms with van der Waals surface area (Å²) in [6.07, 6.45) is 0.549. The SMILES string of the molecule is NC(=S)Cc1nc2ccccc2n1CCN1CCOCC1. The first-order chi connectivity index (χ1) is 10.2. The highest BCUT2D eigenvalue weighted by Gasteiger charge is 2.14. The van der Waals surface area contributed by atoms with E-state index in [9.17, 15) is 0 Å². The van der Waals surface area contributed by atoms with Crippen LogP contribution in [0.5, 0.6) is 0 Å². The van der Waals surface area contributed by atoms with Gasteiger partial charge in [0, 0.05) is 26.2 Å². The smallest absolute Gasteiger partial charge is 0.116 e. The third-order valence-corrected chi connectivity index (χ3v) is 3.95. The molecule has 0 bridgehead atoms. The second-order valence-electron chi connectivity index (χ2n) is 5.27. The third-order valence-electron chi connectivity index (χ3n) is 3.81. The van der Waals surface area contributed by atoms with Crippen molar-refractivity contribution >= 4 is 28.2 Å². The van der Waals surface area contributed by atoms with Gasteiger partial charge in [-0.1, -0.05) is 24.4 Å². The van der Waals surface area contributed by atoms with Gasteiger partial charge in [-0.15, -0.1) is 0 Å². The molecule has 1 aromatic heterocycles. The zero-order valence-corrected chi connectivity index (χ0v) is 12.8. The van der Waals surface area contributed by atoms with Crippen molar-refractivity contribution in [3.05, 3.63) is 30.1 Å². The number of aromatic nitrogens is 2. The number of hydrogen-bond acceptors (Lipinski definition) is 4. The Morgan fingerprint density at radius 1 is 1.24 bits per heavy atom. The molecule has 2 aromatic rings.